The maximum Gasteiger partial charge on any atom is 0.306 e. The normalized spacial score (nSPS) is 19.2. The molecule has 0 saturated heterocycles. The standard InChI is InChI=1S/C25H36O4/c1-18(11-13-21(24(28)29)14-16-23(26)27)8-6-9-19(2)12-15-22-20(3)10-7-17-25(22,4)5/h6,8-9,11-12,15,21H,7,10,13-14,16-17H2,1-5H3,(H,26,27)(H,28,29)/b8-6?,15-12?,18-11?,19-9-. The number of carboxylic acids is 2. The Morgan fingerprint density at radius 1 is 1.14 bits per heavy atom. The van der Waals surface area contributed by atoms with Gasteiger partial charge < -0.3 is 10.2 Å². The van der Waals surface area contributed by atoms with Gasteiger partial charge in [-0.1, -0.05) is 67.0 Å². The van der Waals surface area contributed by atoms with Gasteiger partial charge >= 0.3 is 11.9 Å². The molecule has 1 rings (SSSR count). The molecule has 2 N–H and O–H groups in total. The predicted molar refractivity (Wildman–Crippen MR) is 119 cm³/mol. The highest BCUT2D eigenvalue weighted by atomic mass is 16.4. The molecule has 4 nitrogen and oxygen atoms in total. The summed E-state index contributed by atoms with van der Waals surface area (Å²) in [5.41, 5.74) is 5.27. The molecule has 0 bridgehead atoms. The van der Waals surface area contributed by atoms with Crippen LogP contribution in [0.2, 0.25) is 0 Å². The second-order valence-electron chi connectivity index (χ2n) is 8.69. The molecule has 0 aromatic heterocycles. The molecule has 0 fully saturated rings. The molecule has 4 heteroatoms. The molecule has 0 saturated carbocycles. The Bertz CT molecular complexity index is 745. The quantitative estimate of drug-likeness (QED) is 0.412. The van der Waals surface area contributed by atoms with Crippen molar-refractivity contribution in [2.24, 2.45) is 11.3 Å². The van der Waals surface area contributed by atoms with Crippen LogP contribution >= 0.6 is 0 Å². The fourth-order valence-electron chi connectivity index (χ4n) is 3.67. The van der Waals surface area contributed by atoms with Crippen molar-refractivity contribution >= 4 is 11.9 Å². The molecule has 1 atom stereocenters. The average Bonchev–Trinajstić information content (AvgIpc) is 2.60. The topological polar surface area (TPSA) is 74.6 Å². The van der Waals surface area contributed by atoms with Crippen molar-refractivity contribution in [1.29, 1.82) is 0 Å². The van der Waals surface area contributed by atoms with Crippen LogP contribution < -0.4 is 0 Å². The van der Waals surface area contributed by atoms with Crippen LogP contribution in [0.15, 0.2) is 58.7 Å². The van der Waals surface area contributed by atoms with E-state index < -0.39 is 17.9 Å². The summed E-state index contributed by atoms with van der Waals surface area (Å²) in [4.78, 5) is 21.9. The van der Waals surface area contributed by atoms with Gasteiger partial charge in [-0.3, -0.25) is 9.59 Å². The number of aliphatic carboxylic acids is 2. The second kappa shape index (κ2) is 11.6. The van der Waals surface area contributed by atoms with Crippen molar-refractivity contribution in [2.45, 2.75) is 73.1 Å². The van der Waals surface area contributed by atoms with Gasteiger partial charge in [0.15, 0.2) is 0 Å². The third-order valence-electron chi connectivity index (χ3n) is 5.55. The number of hydrogen-bond acceptors (Lipinski definition) is 2. The summed E-state index contributed by atoms with van der Waals surface area (Å²) in [6, 6.07) is 0. The van der Waals surface area contributed by atoms with Crippen LogP contribution in [0, 0.1) is 11.3 Å². The molecule has 0 aromatic rings. The zero-order valence-electron chi connectivity index (χ0n) is 18.5. The smallest absolute Gasteiger partial charge is 0.306 e. The molecule has 160 valence electrons. The zero-order valence-corrected chi connectivity index (χ0v) is 18.5. The van der Waals surface area contributed by atoms with E-state index in [1.54, 1.807) is 0 Å². The molecule has 0 aliphatic heterocycles. The molecule has 0 radical (unpaired) electrons. The van der Waals surface area contributed by atoms with Gasteiger partial charge in [-0.2, -0.15) is 0 Å². The van der Waals surface area contributed by atoms with E-state index in [1.807, 2.05) is 31.2 Å². The highest BCUT2D eigenvalue weighted by Gasteiger charge is 2.26. The highest BCUT2D eigenvalue weighted by Crippen LogP contribution is 2.40. The number of hydrogen-bond donors (Lipinski definition) is 2. The molecule has 1 aliphatic rings. The first kappa shape index (κ1) is 24.7. The number of carboxylic acid groups (broad SMARTS) is 2. The third-order valence-corrected chi connectivity index (χ3v) is 5.55. The lowest BCUT2D eigenvalue weighted by molar-refractivity contribution is -0.142. The van der Waals surface area contributed by atoms with Crippen LogP contribution in [-0.2, 0) is 9.59 Å². The maximum absolute atomic E-state index is 11.2. The Balaban J connectivity index is 2.69. The van der Waals surface area contributed by atoms with Gasteiger partial charge in [0.25, 0.3) is 0 Å². The van der Waals surface area contributed by atoms with Gasteiger partial charge in [0, 0.05) is 6.42 Å². The van der Waals surface area contributed by atoms with Crippen LogP contribution in [0.1, 0.15) is 73.1 Å². The molecule has 0 spiro atoms. The summed E-state index contributed by atoms with van der Waals surface area (Å²) in [5.74, 6) is -2.58. The number of allylic oxidation sites excluding steroid dienone is 10. The average molecular weight is 401 g/mol. The first-order valence-electron chi connectivity index (χ1n) is 10.4. The molecular formula is C25H36O4. The fraction of sp³-hybridized carbons (Fsp3) is 0.520. The van der Waals surface area contributed by atoms with Gasteiger partial charge in [0.2, 0.25) is 0 Å². The minimum Gasteiger partial charge on any atom is -0.481 e. The van der Waals surface area contributed by atoms with Crippen LogP contribution in [0.25, 0.3) is 0 Å². The van der Waals surface area contributed by atoms with Crippen molar-refractivity contribution in [1.82, 2.24) is 0 Å². The van der Waals surface area contributed by atoms with Crippen molar-refractivity contribution in [3.8, 4) is 0 Å². The van der Waals surface area contributed by atoms with E-state index in [0.717, 1.165) is 11.1 Å². The van der Waals surface area contributed by atoms with Crippen LogP contribution in [0.5, 0.6) is 0 Å². The summed E-state index contributed by atoms with van der Waals surface area (Å²) in [7, 11) is 0. The minimum atomic E-state index is -0.965. The van der Waals surface area contributed by atoms with Gasteiger partial charge in [0.1, 0.15) is 0 Å². The maximum atomic E-state index is 11.2. The first-order valence-corrected chi connectivity index (χ1v) is 10.4. The predicted octanol–water partition coefficient (Wildman–Crippen LogP) is 6.47. The van der Waals surface area contributed by atoms with Crippen molar-refractivity contribution < 1.29 is 19.8 Å². The van der Waals surface area contributed by atoms with E-state index in [4.69, 9.17) is 5.11 Å². The summed E-state index contributed by atoms with van der Waals surface area (Å²) >= 11 is 0. The van der Waals surface area contributed by atoms with E-state index in [0.29, 0.717) is 6.42 Å². The Hall–Kier alpha value is -2.36. The minimum absolute atomic E-state index is 0.124. The highest BCUT2D eigenvalue weighted by molar-refractivity contribution is 5.72. The summed E-state index contributed by atoms with van der Waals surface area (Å²) in [6.45, 7) is 10.8. The number of rotatable bonds is 10. The molecule has 1 unspecified atom stereocenters. The van der Waals surface area contributed by atoms with Crippen molar-refractivity contribution in [3.63, 3.8) is 0 Å². The van der Waals surface area contributed by atoms with Crippen molar-refractivity contribution in [2.75, 3.05) is 0 Å². The lowest BCUT2D eigenvalue weighted by atomic mass is 9.72. The Labute approximate surface area is 175 Å². The molecule has 0 amide bonds. The van der Waals surface area contributed by atoms with Gasteiger partial charge in [-0.15, -0.1) is 0 Å². The Kier molecular flexibility index (Phi) is 9.87. The SMILES string of the molecule is CC(C=C/C=C(/C)C=CC1=C(C)CCCC1(C)C)=CCC(CCC(=O)O)C(=O)O. The van der Waals surface area contributed by atoms with Gasteiger partial charge in [0.05, 0.1) is 5.92 Å². The Morgan fingerprint density at radius 2 is 1.83 bits per heavy atom. The van der Waals surface area contributed by atoms with Crippen LogP contribution in [-0.4, -0.2) is 22.2 Å². The van der Waals surface area contributed by atoms with E-state index in [9.17, 15) is 14.7 Å². The zero-order chi connectivity index (χ0) is 22.0. The summed E-state index contributed by atoms with van der Waals surface area (Å²) in [5, 5.41) is 17.9. The molecular weight excluding hydrogens is 364 g/mol. The van der Waals surface area contributed by atoms with E-state index in [-0.39, 0.29) is 18.3 Å². The Morgan fingerprint density at radius 3 is 2.41 bits per heavy atom. The van der Waals surface area contributed by atoms with Gasteiger partial charge in [-0.05, 0) is 63.9 Å². The first-order chi connectivity index (χ1) is 13.5. The lowest BCUT2D eigenvalue weighted by Gasteiger charge is -2.32. The molecule has 1 aliphatic carbocycles. The van der Waals surface area contributed by atoms with Crippen molar-refractivity contribution in [3.05, 3.63) is 58.7 Å². The van der Waals surface area contributed by atoms with E-state index >= 15 is 0 Å². The van der Waals surface area contributed by atoms with Gasteiger partial charge in [-0.25, -0.2) is 0 Å². The van der Waals surface area contributed by atoms with E-state index in [2.05, 4.69) is 39.8 Å². The largest absolute Gasteiger partial charge is 0.481 e. The number of carbonyl (C=O) groups is 2. The molecule has 29 heavy (non-hydrogen) atoms. The third kappa shape index (κ3) is 9.12. The second-order valence-corrected chi connectivity index (χ2v) is 8.69. The van der Waals surface area contributed by atoms with Crippen LogP contribution in [0.4, 0.5) is 0 Å². The lowest BCUT2D eigenvalue weighted by Crippen LogP contribution is -2.19. The summed E-state index contributed by atoms with van der Waals surface area (Å²) < 4.78 is 0. The fourth-order valence-corrected chi connectivity index (χ4v) is 3.67. The monoisotopic (exact) mass is 400 g/mol. The van der Waals surface area contributed by atoms with E-state index in [1.165, 1.54) is 30.4 Å². The molecule has 0 aromatic carbocycles. The van der Waals surface area contributed by atoms with Crippen LogP contribution in [0.3, 0.4) is 0 Å². The summed E-state index contributed by atoms with van der Waals surface area (Å²) in [6.07, 6.45) is 16.2. The molecule has 0 heterocycles.